The summed E-state index contributed by atoms with van der Waals surface area (Å²) in [6.45, 7) is 0. The van der Waals surface area contributed by atoms with Gasteiger partial charge in [0.15, 0.2) is 15.7 Å². The number of benzene rings is 1. The largest absolute Gasteiger partial charge is 0.397 e. The van der Waals surface area contributed by atoms with Crippen LogP contribution in [0.25, 0.3) is 22.6 Å². The monoisotopic (exact) mass is 288 g/mol. The minimum atomic E-state index is -3.25. The topological polar surface area (TPSA) is 102 Å². The van der Waals surface area contributed by atoms with Crippen LogP contribution in [0.3, 0.4) is 0 Å². The summed E-state index contributed by atoms with van der Waals surface area (Å²) < 4.78 is 23.1. The fourth-order valence-electron chi connectivity index (χ4n) is 1.95. The highest BCUT2D eigenvalue weighted by Crippen LogP contribution is 2.24. The number of hydrogen-bond donors (Lipinski definition) is 2. The molecule has 0 atom stereocenters. The van der Waals surface area contributed by atoms with Crippen LogP contribution >= 0.6 is 0 Å². The summed E-state index contributed by atoms with van der Waals surface area (Å²) in [5.41, 5.74) is 8.21. The summed E-state index contributed by atoms with van der Waals surface area (Å²) >= 11 is 0. The molecule has 0 unspecified atom stereocenters. The third kappa shape index (κ3) is 2.12. The number of imidazole rings is 1. The first-order chi connectivity index (χ1) is 9.45. The molecule has 0 spiro atoms. The van der Waals surface area contributed by atoms with Crippen molar-refractivity contribution in [1.82, 2.24) is 15.0 Å². The lowest BCUT2D eigenvalue weighted by Crippen LogP contribution is -1.96. The van der Waals surface area contributed by atoms with Crippen molar-refractivity contribution in [3.05, 3.63) is 36.5 Å². The zero-order chi connectivity index (χ0) is 14.3. The van der Waals surface area contributed by atoms with Crippen LogP contribution in [0.2, 0.25) is 0 Å². The van der Waals surface area contributed by atoms with Gasteiger partial charge in [-0.15, -0.1) is 0 Å². The Hall–Kier alpha value is -2.41. The van der Waals surface area contributed by atoms with Crippen LogP contribution < -0.4 is 5.73 Å². The van der Waals surface area contributed by atoms with Crippen LogP contribution in [0, 0.1) is 0 Å². The molecular weight excluding hydrogens is 276 g/mol. The second-order valence-electron chi connectivity index (χ2n) is 4.48. The number of H-pyrrole nitrogens is 1. The van der Waals surface area contributed by atoms with Gasteiger partial charge in [0, 0.05) is 12.5 Å². The van der Waals surface area contributed by atoms with Gasteiger partial charge in [-0.3, -0.25) is 4.98 Å². The molecule has 1 aromatic carbocycles. The maximum atomic E-state index is 11.5. The number of fused-ring (bicyclic) bond motifs is 1. The lowest BCUT2D eigenvalue weighted by molar-refractivity contribution is 0.602. The van der Waals surface area contributed by atoms with Gasteiger partial charge in [0.1, 0.15) is 5.69 Å². The van der Waals surface area contributed by atoms with E-state index in [0.717, 1.165) is 0 Å². The van der Waals surface area contributed by atoms with Gasteiger partial charge in [0.2, 0.25) is 0 Å². The summed E-state index contributed by atoms with van der Waals surface area (Å²) in [7, 11) is -3.25. The van der Waals surface area contributed by atoms with E-state index in [0.29, 0.717) is 28.2 Å². The summed E-state index contributed by atoms with van der Waals surface area (Å²) in [5, 5.41) is 0. The Morgan fingerprint density at radius 2 is 2.05 bits per heavy atom. The standard InChI is InChI=1S/C13H12N4O2S/c1-20(18,19)8-4-5-10-11(7-8)17-13(16-10)12-9(14)3-2-6-15-12/h2-7H,14H2,1H3,(H,16,17). The summed E-state index contributed by atoms with van der Waals surface area (Å²) in [6, 6.07) is 8.22. The van der Waals surface area contributed by atoms with E-state index in [9.17, 15) is 8.42 Å². The number of hydrogen-bond acceptors (Lipinski definition) is 5. The quantitative estimate of drug-likeness (QED) is 0.746. The second-order valence-corrected chi connectivity index (χ2v) is 6.49. The molecule has 6 nitrogen and oxygen atoms in total. The van der Waals surface area contributed by atoms with Crippen LogP contribution in [0.1, 0.15) is 0 Å². The van der Waals surface area contributed by atoms with Crippen molar-refractivity contribution in [2.24, 2.45) is 0 Å². The van der Waals surface area contributed by atoms with E-state index in [4.69, 9.17) is 5.73 Å². The summed E-state index contributed by atoms with van der Waals surface area (Å²) in [5.74, 6) is 0.517. The predicted molar refractivity (Wildman–Crippen MR) is 76.8 cm³/mol. The first-order valence-corrected chi connectivity index (χ1v) is 7.75. The maximum Gasteiger partial charge on any atom is 0.175 e. The van der Waals surface area contributed by atoms with Gasteiger partial charge >= 0.3 is 0 Å². The molecule has 0 bridgehead atoms. The molecule has 102 valence electrons. The SMILES string of the molecule is CS(=O)(=O)c1ccc2nc(-c3ncccc3N)[nH]c2c1. The third-order valence-electron chi connectivity index (χ3n) is 2.94. The smallest absolute Gasteiger partial charge is 0.175 e. The fraction of sp³-hybridized carbons (Fsp3) is 0.0769. The summed E-state index contributed by atoms with van der Waals surface area (Å²) in [4.78, 5) is 11.8. The Balaban J connectivity index is 2.19. The lowest BCUT2D eigenvalue weighted by Gasteiger charge is -1.98. The van der Waals surface area contributed by atoms with E-state index in [1.165, 1.54) is 12.3 Å². The van der Waals surface area contributed by atoms with Crippen LogP contribution in [0.15, 0.2) is 41.4 Å². The lowest BCUT2D eigenvalue weighted by atomic mass is 10.3. The van der Waals surface area contributed by atoms with Crippen molar-refractivity contribution in [2.45, 2.75) is 4.90 Å². The van der Waals surface area contributed by atoms with Crippen molar-refractivity contribution in [1.29, 1.82) is 0 Å². The Bertz CT molecular complexity index is 900. The normalized spacial score (nSPS) is 11.8. The molecular formula is C13H12N4O2S. The number of nitrogens with two attached hydrogens (primary N) is 1. The molecule has 20 heavy (non-hydrogen) atoms. The Labute approximate surface area is 115 Å². The van der Waals surface area contributed by atoms with Gasteiger partial charge in [-0.2, -0.15) is 0 Å². The molecule has 0 radical (unpaired) electrons. The van der Waals surface area contributed by atoms with Crippen LogP contribution in [-0.2, 0) is 9.84 Å². The van der Waals surface area contributed by atoms with E-state index < -0.39 is 9.84 Å². The van der Waals surface area contributed by atoms with Crippen molar-refractivity contribution in [2.75, 3.05) is 12.0 Å². The Kier molecular flexibility index (Phi) is 2.72. The molecule has 0 aliphatic rings. The Morgan fingerprint density at radius 3 is 2.75 bits per heavy atom. The van der Waals surface area contributed by atoms with E-state index in [2.05, 4.69) is 15.0 Å². The number of anilines is 1. The zero-order valence-electron chi connectivity index (χ0n) is 10.7. The number of nitrogens with one attached hydrogen (secondary N) is 1. The maximum absolute atomic E-state index is 11.5. The minimum absolute atomic E-state index is 0.245. The molecule has 0 amide bonds. The van der Waals surface area contributed by atoms with Crippen molar-refractivity contribution in [3.63, 3.8) is 0 Å². The van der Waals surface area contributed by atoms with E-state index >= 15 is 0 Å². The number of rotatable bonds is 2. The highest BCUT2D eigenvalue weighted by atomic mass is 32.2. The van der Waals surface area contributed by atoms with Gasteiger partial charge in [0.05, 0.1) is 21.6 Å². The van der Waals surface area contributed by atoms with Crippen LogP contribution in [0.5, 0.6) is 0 Å². The third-order valence-corrected chi connectivity index (χ3v) is 4.05. The van der Waals surface area contributed by atoms with Gasteiger partial charge in [-0.25, -0.2) is 13.4 Å². The highest BCUT2D eigenvalue weighted by Gasteiger charge is 2.12. The van der Waals surface area contributed by atoms with E-state index in [-0.39, 0.29) is 4.90 Å². The first kappa shape index (κ1) is 12.6. The van der Waals surface area contributed by atoms with Gasteiger partial charge in [0.25, 0.3) is 0 Å². The number of nitrogen functional groups attached to an aromatic ring is 1. The average Bonchev–Trinajstić information content (AvgIpc) is 2.80. The number of aromatic amines is 1. The molecule has 0 aliphatic carbocycles. The second kappa shape index (κ2) is 4.31. The molecule has 2 heterocycles. The Morgan fingerprint density at radius 1 is 1.25 bits per heavy atom. The molecule has 0 saturated heterocycles. The van der Waals surface area contributed by atoms with Crippen LogP contribution in [-0.4, -0.2) is 29.6 Å². The number of nitrogens with zero attached hydrogens (tertiary/aromatic N) is 2. The molecule has 7 heteroatoms. The van der Waals surface area contributed by atoms with Crippen molar-refractivity contribution >= 4 is 26.6 Å². The van der Waals surface area contributed by atoms with Gasteiger partial charge in [-0.1, -0.05) is 0 Å². The predicted octanol–water partition coefficient (Wildman–Crippen LogP) is 1.61. The summed E-state index contributed by atoms with van der Waals surface area (Å²) in [6.07, 6.45) is 2.79. The zero-order valence-corrected chi connectivity index (χ0v) is 11.5. The van der Waals surface area contributed by atoms with Gasteiger partial charge < -0.3 is 10.7 Å². The molecule has 3 aromatic rings. The highest BCUT2D eigenvalue weighted by molar-refractivity contribution is 7.90. The van der Waals surface area contributed by atoms with E-state index in [1.807, 2.05) is 0 Å². The number of aromatic nitrogens is 3. The molecule has 0 aliphatic heterocycles. The molecule has 0 saturated carbocycles. The van der Waals surface area contributed by atoms with E-state index in [1.54, 1.807) is 30.5 Å². The molecule has 2 aromatic heterocycles. The molecule has 3 rings (SSSR count). The van der Waals surface area contributed by atoms with Crippen molar-refractivity contribution in [3.8, 4) is 11.5 Å². The van der Waals surface area contributed by atoms with Gasteiger partial charge in [-0.05, 0) is 30.3 Å². The molecule has 3 N–H and O–H groups in total. The average molecular weight is 288 g/mol. The fourth-order valence-corrected chi connectivity index (χ4v) is 2.59. The first-order valence-electron chi connectivity index (χ1n) is 5.86. The van der Waals surface area contributed by atoms with Crippen LogP contribution in [0.4, 0.5) is 5.69 Å². The number of sulfone groups is 1. The number of pyridine rings is 1. The van der Waals surface area contributed by atoms with Crippen molar-refractivity contribution < 1.29 is 8.42 Å². The minimum Gasteiger partial charge on any atom is -0.397 e. The molecule has 0 fully saturated rings.